The molecule has 0 aromatic heterocycles. The average molecular weight is 295 g/mol. The minimum atomic E-state index is -0.519. The van der Waals surface area contributed by atoms with Crippen molar-refractivity contribution >= 4 is 5.91 Å². The molecule has 2 fully saturated rings. The molecule has 1 saturated heterocycles. The van der Waals surface area contributed by atoms with Gasteiger partial charge in [0.1, 0.15) is 0 Å². The van der Waals surface area contributed by atoms with Crippen LogP contribution in [-0.2, 0) is 4.79 Å². The molecule has 1 unspecified atom stereocenters. The van der Waals surface area contributed by atoms with Crippen LogP contribution in [0, 0.1) is 5.41 Å². The van der Waals surface area contributed by atoms with Crippen molar-refractivity contribution in [2.75, 3.05) is 19.6 Å². The van der Waals surface area contributed by atoms with E-state index < -0.39 is 5.54 Å². The summed E-state index contributed by atoms with van der Waals surface area (Å²) >= 11 is 0. The normalized spacial score (nSPS) is 25.5. The number of nitrogens with zero attached hydrogens (tertiary/aromatic N) is 1. The van der Waals surface area contributed by atoms with Crippen LogP contribution in [-0.4, -0.2) is 42.0 Å². The van der Waals surface area contributed by atoms with Crippen LogP contribution < -0.4 is 11.1 Å². The first-order chi connectivity index (χ1) is 9.87. The van der Waals surface area contributed by atoms with Gasteiger partial charge in [0.2, 0.25) is 5.91 Å². The van der Waals surface area contributed by atoms with Crippen LogP contribution in [0.25, 0.3) is 0 Å². The number of hydrogen-bond acceptors (Lipinski definition) is 3. The summed E-state index contributed by atoms with van der Waals surface area (Å²) < 4.78 is 0. The van der Waals surface area contributed by atoms with Gasteiger partial charge in [0, 0.05) is 6.04 Å². The van der Waals surface area contributed by atoms with Crippen molar-refractivity contribution in [3.8, 4) is 0 Å². The third-order valence-electron chi connectivity index (χ3n) is 5.71. The minimum Gasteiger partial charge on any atom is -0.368 e. The van der Waals surface area contributed by atoms with Crippen LogP contribution in [0.15, 0.2) is 0 Å². The van der Waals surface area contributed by atoms with E-state index in [9.17, 15) is 4.79 Å². The number of amides is 1. The topological polar surface area (TPSA) is 58.4 Å². The maximum Gasteiger partial charge on any atom is 0.237 e. The van der Waals surface area contributed by atoms with E-state index in [4.69, 9.17) is 5.73 Å². The third kappa shape index (κ3) is 4.68. The zero-order chi connectivity index (χ0) is 15.5. The number of carbonyl (C=O) groups is 1. The molecule has 1 aliphatic heterocycles. The Morgan fingerprint density at radius 1 is 1.38 bits per heavy atom. The Bertz CT molecular complexity index is 359. The lowest BCUT2D eigenvalue weighted by Crippen LogP contribution is -2.54. The number of hydrogen-bond donors (Lipinski definition) is 2. The van der Waals surface area contributed by atoms with Crippen molar-refractivity contribution in [2.24, 2.45) is 11.1 Å². The van der Waals surface area contributed by atoms with E-state index in [-0.39, 0.29) is 5.91 Å². The number of nitrogens with two attached hydrogens (primary N) is 1. The molecule has 1 saturated carbocycles. The molecule has 0 aromatic rings. The number of piperidine rings is 1. The van der Waals surface area contributed by atoms with Crippen molar-refractivity contribution in [3.63, 3.8) is 0 Å². The van der Waals surface area contributed by atoms with Gasteiger partial charge >= 0.3 is 0 Å². The molecule has 2 rings (SSSR count). The first kappa shape index (κ1) is 16.8. The average Bonchev–Trinajstić information content (AvgIpc) is 3.25. The summed E-state index contributed by atoms with van der Waals surface area (Å²) in [6.07, 6.45) is 8.15. The van der Waals surface area contributed by atoms with Crippen LogP contribution in [0.5, 0.6) is 0 Å². The largest absolute Gasteiger partial charge is 0.368 e. The standard InChI is InChI=1S/C17H33N3O/c1-4-16(2)9-12-20(13-10-16)11-5-8-17(3,15(18)21)19-14-6-7-14/h14,19H,4-13H2,1-3H3,(H2,18,21). The van der Waals surface area contributed by atoms with Crippen LogP contribution >= 0.6 is 0 Å². The summed E-state index contributed by atoms with van der Waals surface area (Å²) in [4.78, 5) is 14.3. The van der Waals surface area contributed by atoms with Gasteiger partial charge in [0.05, 0.1) is 5.54 Å². The molecule has 0 spiro atoms. The molecule has 1 amide bonds. The Balaban J connectivity index is 1.71. The van der Waals surface area contributed by atoms with Crippen molar-refractivity contribution in [1.82, 2.24) is 10.2 Å². The minimum absolute atomic E-state index is 0.202. The molecule has 4 heteroatoms. The molecule has 4 nitrogen and oxygen atoms in total. The SMILES string of the molecule is CCC1(C)CCN(CCCC(C)(NC2CC2)C(N)=O)CC1. The highest BCUT2D eigenvalue weighted by Crippen LogP contribution is 2.34. The summed E-state index contributed by atoms with van der Waals surface area (Å²) in [5, 5.41) is 3.43. The predicted octanol–water partition coefficient (Wildman–Crippen LogP) is 2.27. The maximum absolute atomic E-state index is 11.7. The van der Waals surface area contributed by atoms with Gasteiger partial charge in [-0.25, -0.2) is 0 Å². The molecular formula is C17H33N3O. The summed E-state index contributed by atoms with van der Waals surface area (Å²) in [7, 11) is 0. The van der Waals surface area contributed by atoms with E-state index in [2.05, 4.69) is 24.1 Å². The van der Waals surface area contributed by atoms with Gasteiger partial charge in [0.25, 0.3) is 0 Å². The number of nitrogens with one attached hydrogen (secondary N) is 1. The summed E-state index contributed by atoms with van der Waals surface area (Å²) in [6.45, 7) is 10.2. The molecule has 1 aliphatic carbocycles. The molecular weight excluding hydrogens is 262 g/mol. The molecule has 0 radical (unpaired) electrons. The van der Waals surface area contributed by atoms with Gasteiger partial charge in [-0.05, 0) is 70.5 Å². The Labute approximate surface area is 129 Å². The second-order valence-corrected chi connectivity index (χ2v) is 7.72. The highest BCUT2D eigenvalue weighted by atomic mass is 16.1. The molecule has 1 heterocycles. The first-order valence-corrected chi connectivity index (χ1v) is 8.67. The zero-order valence-corrected chi connectivity index (χ0v) is 14.1. The summed E-state index contributed by atoms with van der Waals surface area (Å²) in [5.41, 5.74) is 5.63. The van der Waals surface area contributed by atoms with Gasteiger partial charge in [-0.15, -0.1) is 0 Å². The molecule has 2 aliphatic rings. The Morgan fingerprint density at radius 2 is 2.00 bits per heavy atom. The third-order valence-corrected chi connectivity index (χ3v) is 5.71. The van der Waals surface area contributed by atoms with Gasteiger partial charge in [0.15, 0.2) is 0 Å². The van der Waals surface area contributed by atoms with Crippen molar-refractivity contribution in [3.05, 3.63) is 0 Å². The van der Waals surface area contributed by atoms with Crippen molar-refractivity contribution in [2.45, 2.75) is 77.3 Å². The van der Waals surface area contributed by atoms with Crippen molar-refractivity contribution in [1.29, 1.82) is 0 Å². The first-order valence-electron chi connectivity index (χ1n) is 8.67. The van der Waals surface area contributed by atoms with E-state index in [0.717, 1.165) is 19.4 Å². The Kier molecular flexibility index (Phi) is 5.31. The number of likely N-dealkylation sites (tertiary alicyclic amines) is 1. The predicted molar refractivity (Wildman–Crippen MR) is 87.1 cm³/mol. The molecule has 0 bridgehead atoms. The van der Waals surface area contributed by atoms with Gasteiger partial charge < -0.3 is 16.0 Å². The van der Waals surface area contributed by atoms with Crippen LogP contribution in [0.1, 0.15) is 65.7 Å². The Morgan fingerprint density at radius 3 is 2.48 bits per heavy atom. The zero-order valence-electron chi connectivity index (χ0n) is 14.1. The molecule has 122 valence electrons. The lowest BCUT2D eigenvalue weighted by atomic mass is 9.78. The van der Waals surface area contributed by atoms with E-state index in [1.807, 2.05) is 6.92 Å². The number of carbonyl (C=O) groups excluding carboxylic acids is 1. The smallest absolute Gasteiger partial charge is 0.237 e. The highest BCUT2D eigenvalue weighted by Gasteiger charge is 2.36. The lowest BCUT2D eigenvalue weighted by Gasteiger charge is -2.39. The second kappa shape index (κ2) is 6.66. The fraction of sp³-hybridized carbons (Fsp3) is 0.941. The van der Waals surface area contributed by atoms with Crippen LogP contribution in [0.4, 0.5) is 0 Å². The van der Waals surface area contributed by atoms with E-state index >= 15 is 0 Å². The second-order valence-electron chi connectivity index (χ2n) is 7.72. The van der Waals surface area contributed by atoms with Crippen LogP contribution in [0.3, 0.4) is 0 Å². The number of primary amides is 1. The quantitative estimate of drug-likeness (QED) is 0.722. The molecule has 1 atom stereocenters. The molecule has 0 aromatic carbocycles. The summed E-state index contributed by atoms with van der Waals surface area (Å²) in [6, 6.07) is 0.516. The van der Waals surface area contributed by atoms with Gasteiger partial charge in [-0.1, -0.05) is 20.3 Å². The fourth-order valence-electron chi connectivity index (χ4n) is 3.27. The fourth-order valence-corrected chi connectivity index (χ4v) is 3.27. The monoisotopic (exact) mass is 295 g/mol. The van der Waals surface area contributed by atoms with Gasteiger partial charge in [-0.3, -0.25) is 4.79 Å². The van der Waals surface area contributed by atoms with E-state index in [1.54, 1.807) is 0 Å². The summed E-state index contributed by atoms with van der Waals surface area (Å²) in [5.74, 6) is -0.202. The maximum atomic E-state index is 11.7. The van der Waals surface area contributed by atoms with E-state index in [1.165, 1.54) is 45.2 Å². The lowest BCUT2D eigenvalue weighted by molar-refractivity contribution is -0.124. The van der Waals surface area contributed by atoms with Crippen molar-refractivity contribution < 1.29 is 4.79 Å². The van der Waals surface area contributed by atoms with Gasteiger partial charge in [-0.2, -0.15) is 0 Å². The molecule has 3 N–H and O–H groups in total. The number of rotatable bonds is 8. The Hall–Kier alpha value is -0.610. The highest BCUT2D eigenvalue weighted by molar-refractivity contribution is 5.84. The van der Waals surface area contributed by atoms with E-state index in [0.29, 0.717) is 11.5 Å². The van der Waals surface area contributed by atoms with Crippen LogP contribution in [0.2, 0.25) is 0 Å². The molecule has 21 heavy (non-hydrogen) atoms.